The third-order valence-corrected chi connectivity index (χ3v) is 6.43. The zero-order valence-electron chi connectivity index (χ0n) is 22.2. The number of amides is 2. The molecule has 2 amide bonds. The third kappa shape index (κ3) is 5.72. The standard InChI is InChI=1S/C29H34N2O7/c1-19(33)31-18-21-8-5-6-9-23(21)25-29(27(31)35,15-14-24(34)38-28(2,3)4)30-26(37-25)20-10-12-22(13-11-20)36-17-7-16-32/h5-6,8-13,25,32H,7,14-18H2,1-4H3/t25-,29-/m1/s1. The Hall–Kier alpha value is -3.72. The number of nitrogens with zero attached hydrogens (tertiary/aromatic N) is 2. The van der Waals surface area contributed by atoms with E-state index in [-0.39, 0.29) is 31.9 Å². The van der Waals surface area contributed by atoms with Crippen molar-refractivity contribution in [2.75, 3.05) is 13.2 Å². The monoisotopic (exact) mass is 522 g/mol. The topological polar surface area (TPSA) is 115 Å². The number of esters is 1. The molecule has 2 heterocycles. The number of ether oxygens (including phenoxy) is 3. The second kappa shape index (κ2) is 10.9. The minimum Gasteiger partial charge on any atom is -0.494 e. The summed E-state index contributed by atoms with van der Waals surface area (Å²) in [7, 11) is 0. The van der Waals surface area contributed by atoms with E-state index in [2.05, 4.69) is 0 Å². The van der Waals surface area contributed by atoms with Crippen molar-refractivity contribution in [2.24, 2.45) is 4.99 Å². The summed E-state index contributed by atoms with van der Waals surface area (Å²) in [6.07, 6.45) is -0.373. The minimum absolute atomic E-state index is 0.00931. The Labute approximate surface area is 222 Å². The largest absolute Gasteiger partial charge is 0.494 e. The molecule has 2 aliphatic heterocycles. The molecule has 0 bridgehead atoms. The van der Waals surface area contributed by atoms with Crippen molar-refractivity contribution in [3.8, 4) is 5.75 Å². The lowest BCUT2D eigenvalue weighted by molar-refractivity contribution is -0.156. The molecule has 202 valence electrons. The van der Waals surface area contributed by atoms with E-state index in [0.717, 1.165) is 11.1 Å². The summed E-state index contributed by atoms with van der Waals surface area (Å²) in [5, 5.41) is 8.96. The molecule has 0 saturated carbocycles. The summed E-state index contributed by atoms with van der Waals surface area (Å²) < 4.78 is 17.5. The molecule has 1 N–H and O–H groups in total. The average molecular weight is 523 g/mol. The summed E-state index contributed by atoms with van der Waals surface area (Å²) in [6.45, 7) is 7.22. The van der Waals surface area contributed by atoms with Crippen LogP contribution in [0.25, 0.3) is 0 Å². The van der Waals surface area contributed by atoms with Crippen LogP contribution in [0.15, 0.2) is 53.5 Å². The second-order valence-corrected chi connectivity index (χ2v) is 10.5. The van der Waals surface area contributed by atoms with E-state index in [1.54, 1.807) is 45.0 Å². The van der Waals surface area contributed by atoms with Gasteiger partial charge in [0.25, 0.3) is 5.91 Å². The van der Waals surface area contributed by atoms with Gasteiger partial charge in [-0.15, -0.1) is 0 Å². The summed E-state index contributed by atoms with van der Waals surface area (Å²) in [5.74, 6) is -0.504. The number of aliphatic hydroxyl groups excluding tert-OH is 1. The highest BCUT2D eigenvalue weighted by Gasteiger charge is 2.57. The van der Waals surface area contributed by atoms with Crippen molar-refractivity contribution < 1.29 is 33.7 Å². The fourth-order valence-electron chi connectivity index (χ4n) is 4.68. The van der Waals surface area contributed by atoms with Crippen LogP contribution in [-0.4, -0.2) is 58.0 Å². The minimum atomic E-state index is -1.53. The number of imide groups is 1. The zero-order chi connectivity index (χ0) is 27.5. The first-order chi connectivity index (χ1) is 18.0. The van der Waals surface area contributed by atoms with E-state index in [0.29, 0.717) is 24.3 Å². The van der Waals surface area contributed by atoms with Gasteiger partial charge in [0.2, 0.25) is 11.8 Å². The Balaban J connectivity index is 1.75. The molecule has 0 aromatic heterocycles. The molecule has 0 aliphatic carbocycles. The smallest absolute Gasteiger partial charge is 0.306 e. The maximum Gasteiger partial charge on any atom is 0.306 e. The Morgan fingerprint density at radius 1 is 1.16 bits per heavy atom. The summed E-state index contributed by atoms with van der Waals surface area (Å²) >= 11 is 0. The van der Waals surface area contributed by atoms with Crippen molar-refractivity contribution in [1.82, 2.24) is 4.90 Å². The van der Waals surface area contributed by atoms with Crippen LogP contribution in [0.2, 0.25) is 0 Å². The average Bonchev–Trinajstić information content (AvgIpc) is 3.22. The van der Waals surface area contributed by atoms with Crippen LogP contribution in [0.5, 0.6) is 5.75 Å². The number of benzene rings is 2. The van der Waals surface area contributed by atoms with Crippen molar-refractivity contribution in [3.63, 3.8) is 0 Å². The van der Waals surface area contributed by atoms with E-state index in [1.807, 2.05) is 24.3 Å². The number of hydrogen-bond donors (Lipinski definition) is 1. The van der Waals surface area contributed by atoms with E-state index < -0.39 is 35.0 Å². The summed E-state index contributed by atoms with van der Waals surface area (Å²) in [5.41, 5.74) is -0.0492. The van der Waals surface area contributed by atoms with Gasteiger partial charge in [0.1, 0.15) is 11.4 Å². The normalized spacial score (nSPS) is 20.6. The van der Waals surface area contributed by atoms with Crippen LogP contribution in [0, 0.1) is 0 Å². The molecule has 2 aromatic rings. The highest BCUT2D eigenvalue weighted by atomic mass is 16.6. The van der Waals surface area contributed by atoms with E-state index in [1.165, 1.54) is 11.8 Å². The van der Waals surface area contributed by atoms with Gasteiger partial charge < -0.3 is 19.3 Å². The number of carbonyl (C=O) groups is 3. The third-order valence-electron chi connectivity index (χ3n) is 6.43. The van der Waals surface area contributed by atoms with Crippen molar-refractivity contribution in [2.45, 2.75) is 70.7 Å². The molecule has 4 rings (SSSR count). The van der Waals surface area contributed by atoms with Gasteiger partial charge in [-0.05, 0) is 57.0 Å². The number of fused-ring (bicyclic) bond motifs is 3. The first-order valence-electron chi connectivity index (χ1n) is 12.8. The molecule has 0 unspecified atom stereocenters. The molecule has 9 nitrogen and oxygen atoms in total. The lowest BCUT2D eigenvalue weighted by atomic mass is 9.83. The van der Waals surface area contributed by atoms with Crippen molar-refractivity contribution in [1.29, 1.82) is 0 Å². The number of hydrogen-bond acceptors (Lipinski definition) is 8. The number of aliphatic imine (C=N–C) groups is 1. The lowest BCUT2D eigenvalue weighted by Crippen LogP contribution is -2.50. The van der Waals surface area contributed by atoms with Gasteiger partial charge in [0.05, 0.1) is 13.2 Å². The predicted molar refractivity (Wildman–Crippen MR) is 139 cm³/mol. The van der Waals surface area contributed by atoms with Crippen LogP contribution in [0.3, 0.4) is 0 Å². The number of aliphatic hydroxyl groups is 1. The maximum atomic E-state index is 14.1. The molecule has 9 heteroatoms. The fraction of sp³-hybridized carbons (Fsp3) is 0.448. The van der Waals surface area contributed by atoms with E-state index >= 15 is 0 Å². The van der Waals surface area contributed by atoms with Gasteiger partial charge in [-0.3, -0.25) is 19.3 Å². The molecule has 2 aromatic carbocycles. The Bertz CT molecular complexity index is 1230. The molecular formula is C29H34N2O7. The molecule has 38 heavy (non-hydrogen) atoms. The van der Waals surface area contributed by atoms with Gasteiger partial charge >= 0.3 is 5.97 Å². The van der Waals surface area contributed by atoms with Crippen molar-refractivity contribution >= 4 is 23.7 Å². The predicted octanol–water partition coefficient (Wildman–Crippen LogP) is 3.72. The first-order valence-corrected chi connectivity index (χ1v) is 12.8. The van der Waals surface area contributed by atoms with Crippen LogP contribution in [0.4, 0.5) is 0 Å². The SMILES string of the molecule is CC(=O)N1Cc2ccccc2[C@H]2OC(c3ccc(OCCCO)cc3)=N[C@@]2(CCC(=O)OC(C)(C)C)C1=O. The fourth-order valence-corrected chi connectivity index (χ4v) is 4.68. The molecule has 2 aliphatic rings. The van der Waals surface area contributed by atoms with Gasteiger partial charge in [-0.25, -0.2) is 4.99 Å². The first kappa shape index (κ1) is 27.3. The highest BCUT2D eigenvalue weighted by Crippen LogP contribution is 2.47. The van der Waals surface area contributed by atoms with Crippen LogP contribution < -0.4 is 4.74 Å². The molecule has 2 atom stereocenters. The van der Waals surface area contributed by atoms with Gasteiger partial charge in [0, 0.05) is 37.5 Å². The molecule has 0 saturated heterocycles. The molecular weight excluding hydrogens is 488 g/mol. The van der Waals surface area contributed by atoms with Crippen LogP contribution >= 0.6 is 0 Å². The summed E-state index contributed by atoms with van der Waals surface area (Å²) in [4.78, 5) is 45.4. The van der Waals surface area contributed by atoms with Crippen LogP contribution in [-0.2, 0) is 30.4 Å². The van der Waals surface area contributed by atoms with E-state index in [9.17, 15) is 14.4 Å². The maximum absolute atomic E-state index is 14.1. The van der Waals surface area contributed by atoms with Gasteiger partial charge in [-0.1, -0.05) is 24.3 Å². The zero-order valence-corrected chi connectivity index (χ0v) is 22.2. The Morgan fingerprint density at radius 2 is 1.87 bits per heavy atom. The van der Waals surface area contributed by atoms with Crippen molar-refractivity contribution in [3.05, 3.63) is 65.2 Å². The lowest BCUT2D eigenvalue weighted by Gasteiger charge is -2.31. The Kier molecular flexibility index (Phi) is 7.87. The highest BCUT2D eigenvalue weighted by molar-refractivity contribution is 6.05. The van der Waals surface area contributed by atoms with Gasteiger partial charge in [0.15, 0.2) is 11.6 Å². The number of carbonyl (C=O) groups excluding carboxylic acids is 3. The van der Waals surface area contributed by atoms with E-state index in [4.69, 9.17) is 24.3 Å². The summed E-state index contributed by atoms with van der Waals surface area (Å²) in [6, 6.07) is 14.5. The second-order valence-electron chi connectivity index (χ2n) is 10.5. The van der Waals surface area contributed by atoms with Crippen LogP contribution in [0.1, 0.15) is 69.8 Å². The number of rotatable bonds is 8. The molecule has 0 spiro atoms. The molecule has 0 fully saturated rings. The Morgan fingerprint density at radius 3 is 2.53 bits per heavy atom. The quantitative estimate of drug-likeness (QED) is 0.415. The van der Waals surface area contributed by atoms with Gasteiger partial charge in [-0.2, -0.15) is 0 Å². The molecule has 0 radical (unpaired) electrons.